The number of carbonyl (C=O) groups is 1. The van der Waals surface area contributed by atoms with E-state index in [9.17, 15) is 4.79 Å². The summed E-state index contributed by atoms with van der Waals surface area (Å²) in [6.45, 7) is 15.0. The number of quaternary nitrogens is 1. The van der Waals surface area contributed by atoms with Crippen LogP contribution in [0.5, 0.6) is 0 Å². The van der Waals surface area contributed by atoms with Gasteiger partial charge >= 0.3 is 0 Å². The number of carbonyl (C=O) groups excluding carboxylic acids is 1. The predicted octanol–water partition coefficient (Wildman–Crippen LogP) is 5.77. The van der Waals surface area contributed by atoms with Crippen LogP contribution in [0, 0.1) is 0 Å². The molecule has 0 heterocycles. The van der Waals surface area contributed by atoms with E-state index in [4.69, 9.17) is 0 Å². The molecule has 140 valence electrons. The molecular formula is C19H42NOS2+. The number of hydrogen-bond acceptors (Lipinski definition) is 2. The average molecular weight is 365 g/mol. The Kier molecular flexibility index (Phi) is 20.8. The molecule has 0 aromatic heterocycles. The molecule has 0 radical (unpaired) electrons. The van der Waals surface area contributed by atoms with Gasteiger partial charge in [-0.05, 0) is 31.4 Å². The van der Waals surface area contributed by atoms with E-state index < -0.39 is 0 Å². The minimum absolute atomic E-state index is 0.0926. The van der Waals surface area contributed by atoms with Crippen LogP contribution >= 0.6 is 25.3 Å². The fourth-order valence-corrected chi connectivity index (χ4v) is 3.23. The minimum Gasteiger partial charge on any atom is -0.324 e. The van der Waals surface area contributed by atoms with Crippen molar-refractivity contribution in [2.75, 3.05) is 31.9 Å². The zero-order chi connectivity index (χ0) is 18.0. The predicted molar refractivity (Wildman–Crippen MR) is 112 cm³/mol. The Balaban J connectivity index is 0. The lowest BCUT2D eigenvalue weighted by molar-refractivity contribution is -0.929. The molecule has 0 N–H and O–H groups in total. The van der Waals surface area contributed by atoms with Crippen molar-refractivity contribution in [3.63, 3.8) is 0 Å². The van der Waals surface area contributed by atoms with Crippen LogP contribution in [0.25, 0.3) is 0 Å². The lowest BCUT2D eigenvalue weighted by Gasteiger charge is -2.39. The molecule has 0 atom stereocenters. The van der Waals surface area contributed by atoms with Gasteiger partial charge in [0.15, 0.2) is 5.12 Å². The number of unbranched alkanes of at least 4 members (excludes halogenated alkanes) is 4. The highest BCUT2D eigenvalue weighted by Crippen LogP contribution is 2.16. The first kappa shape index (κ1) is 25.6. The van der Waals surface area contributed by atoms with Crippen LogP contribution in [-0.4, -0.2) is 41.5 Å². The summed E-state index contributed by atoms with van der Waals surface area (Å²) >= 11 is 7.28. The van der Waals surface area contributed by atoms with Crippen molar-refractivity contribution in [1.82, 2.24) is 0 Å². The summed E-state index contributed by atoms with van der Waals surface area (Å²) in [5.41, 5.74) is 0. The molecule has 0 saturated heterocycles. The van der Waals surface area contributed by atoms with Gasteiger partial charge in [-0.2, -0.15) is 12.6 Å². The summed E-state index contributed by atoms with van der Waals surface area (Å²) in [6, 6.07) is 0. The van der Waals surface area contributed by atoms with Crippen molar-refractivity contribution < 1.29 is 9.28 Å². The highest BCUT2D eigenvalue weighted by atomic mass is 32.1. The van der Waals surface area contributed by atoms with Gasteiger partial charge in [0.05, 0.1) is 26.2 Å². The molecule has 0 aliphatic heterocycles. The molecule has 0 fully saturated rings. The van der Waals surface area contributed by atoms with E-state index in [0.717, 1.165) is 0 Å². The van der Waals surface area contributed by atoms with E-state index in [0.29, 0.717) is 12.2 Å². The monoisotopic (exact) mass is 364 g/mol. The van der Waals surface area contributed by atoms with Gasteiger partial charge in [0, 0.05) is 6.42 Å². The highest BCUT2D eigenvalue weighted by Gasteiger charge is 2.24. The first-order valence-corrected chi connectivity index (χ1v) is 10.8. The second-order valence-electron chi connectivity index (χ2n) is 6.52. The van der Waals surface area contributed by atoms with Crippen LogP contribution < -0.4 is 0 Å². The molecule has 0 rings (SSSR count). The molecule has 0 saturated carbocycles. The van der Waals surface area contributed by atoms with Gasteiger partial charge in [-0.1, -0.05) is 53.4 Å². The number of nitrogens with zero attached hydrogens (tertiary/aromatic N) is 1. The van der Waals surface area contributed by atoms with Gasteiger partial charge < -0.3 is 4.48 Å². The first-order chi connectivity index (χ1) is 11.0. The summed E-state index contributed by atoms with van der Waals surface area (Å²) in [7, 11) is 0. The quantitative estimate of drug-likeness (QED) is 0.296. The summed E-state index contributed by atoms with van der Waals surface area (Å²) < 4.78 is 1.42. The van der Waals surface area contributed by atoms with Crippen molar-refractivity contribution >= 4 is 30.4 Å². The molecule has 0 aliphatic carbocycles. The summed E-state index contributed by atoms with van der Waals surface area (Å²) in [5.74, 6) is 0.600. The first-order valence-electron chi connectivity index (χ1n) is 9.69. The van der Waals surface area contributed by atoms with Crippen LogP contribution in [0.1, 0.15) is 85.5 Å². The van der Waals surface area contributed by atoms with Gasteiger partial charge in [-0.25, -0.2) is 0 Å². The third-order valence-electron chi connectivity index (χ3n) is 4.27. The van der Waals surface area contributed by atoms with Gasteiger partial charge in [0.1, 0.15) is 0 Å². The van der Waals surface area contributed by atoms with Crippen LogP contribution in [-0.2, 0) is 4.79 Å². The van der Waals surface area contributed by atoms with E-state index in [1.165, 1.54) is 82.0 Å². The van der Waals surface area contributed by atoms with Crippen LogP contribution in [0.3, 0.4) is 0 Å². The van der Waals surface area contributed by atoms with Gasteiger partial charge in [-0.3, -0.25) is 4.79 Å². The highest BCUT2D eigenvalue weighted by molar-refractivity contribution is 7.96. The molecule has 0 bridgehead atoms. The van der Waals surface area contributed by atoms with Crippen LogP contribution in [0.15, 0.2) is 0 Å². The fraction of sp³-hybridized carbons (Fsp3) is 0.947. The third-order valence-corrected chi connectivity index (χ3v) is 4.72. The average Bonchev–Trinajstić information content (AvgIpc) is 2.54. The molecule has 23 heavy (non-hydrogen) atoms. The second kappa shape index (κ2) is 18.7. The molecule has 2 nitrogen and oxygen atoms in total. The van der Waals surface area contributed by atoms with Gasteiger partial charge in [-0.15, -0.1) is 12.6 Å². The Bertz CT molecular complexity index is 222. The van der Waals surface area contributed by atoms with Gasteiger partial charge in [0.2, 0.25) is 0 Å². The maximum absolute atomic E-state index is 9.86. The molecule has 0 aromatic carbocycles. The summed E-state index contributed by atoms with van der Waals surface area (Å²) in [6.07, 6.45) is 11.5. The SMILES string of the molecule is CCCC[N+](CCCC)(CCCC)CCCC.O=C(S)CCS. The zero-order valence-corrected chi connectivity index (χ0v) is 17.9. The Morgan fingerprint density at radius 3 is 1.17 bits per heavy atom. The topological polar surface area (TPSA) is 17.1 Å². The van der Waals surface area contributed by atoms with Crippen molar-refractivity contribution in [3.8, 4) is 0 Å². The normalized spacial score (nSPS) is 11.0. The van der Waals surface area contributed by atoms with E-state index in [2.05, 4.69) is 53.0 Å². The summed E-state index contributed by atoms with van der Waals surface area (Å²) in [4.78, 5) is 9.86. The Hall–Kier alpha value is 0.330. The van der Waals surface area contributed by atoms with E-state index >= 15 is 0 Å². The van der Waals surface area contributed by atoms with Crippen molar-refractivity contribution in [2.45, 2.75) is 85.5 Å². The maximum atomic E-state index is 9.86. The van der Waals surface area contributed by atoms with Gasteiger partial charge in [0.25, 0.3) is 0 Å². The largest absolute Gasteiger partial charge is 0.324 e. The van der Waals surface area contributed by atoms with Crippen LogP contribution in [0.2, 0.25) is 0 Å². The summed E-state index contributed by atoms with van der Waals surface area (Å²) in [5, 5.41) is -0.0926. The number of hydrogen-bond donors (Lipinski definition) is 2. The lowest BCUT2D eigenvalue weighted by atomic mass is 10.1. The Morgan fingerprint density at radius 1 is 0.739 bits per heavy atom. The molecule has 4 heteroatoms. The van der Waals surface area contributed by atoms with Crippen LogP contribution in [0.4, 0.5) is 0 Å². The lowest BCUT2D eigenvalue weighted by Crippen LogP contribution is -2.50. The second-order valence-corrected chi connectivity index (χ2v) is 7.46. The Morgan fingerprint density at radius 2 is 1.04 bits per heavy atom. The van der Waals surface area contributed by atoms with E-state index in [1.54, 1.807) is 0 Å². The molecule has 0 aliphatic rings. The van der Waals surface area contributed by atoms with E-state index in [-0.39, 0.29) is 5.12 Å². The molecule has 0 unspecified atom stereocenters. The fourth-order valence-electron chi connectivity index (χ4n) is 2.74. The number of rotatable bonds is 14. The smallest absolute Gasteiger partial charge is 0.186 e. The van der Waals surface area contributed by atoms with Crippen molar-refractivity contribution in [2.24, 2.45) is 0 Å². The van der Waals surface area contributed by atoms with Crippen molar-refractivity contribution in [1.29, 1.82) is 0 Å². The standard InChI is InChI=1S/C16H36N.C3H6OS2/c1-5-9-13-17(14-10-6-2,15-11-7-3)16-12-8-4;4-3(6)1-2-5/h5-16H2,1-4H3;5H,1-2H2,(H,4,6)/q+1;. The van der Waals surface area contributed by atoms with E-state index in [1.807, 2.05) is 0 Å². The Labute approximate surface area is 157 Å². The zero-order valence-electron chi connectivity index (χ0n) is 16.1. The molecular weight excluding hydrogens is 322 g/mol. The molecule has 0 spiro atoms. The van der Waals surface area contributed by atoms with Crippen molar-refractivity contribution in [3.05, 3.63) is 0 Å². The third kappa shape index (κ3) is 17.0. The molecule has 0 aromatic rings. The maximum Gasteiger partial charge on any atom is 0.186 e. The number of thiol groups is 2. The molecule has 0 amide bonds. The minimum atomic E-state index is -0.0926.